The lowest BCUT2D eigenvalue weighted by atomic mass is 10.2. The molecule has 0 radical (unpaired) electrons. The van der Waals surface area contributed by atoms with Gasteiger partial charge in [0.25, 0.3) is 5.91 Å². The number of benzene rings is 2. The van der Waals surface area contributed by atoms with E-state index in [1.807, 2.05) is 13.0 Å². The number of anilines is 1. The van der Waals surface area contributed by atoms with Crippen molar-refractivity contribution in [3.63, 3.8) is 0 Å². The maximum Gasteiger partial charge on any atom is 0.335 e. The first-order valence-corrected chi connectivity index (χ1v) is 10.3. The van der Waals surface area contributed by atoms with E-state index in [4.69, 9.17) is 5.11 Å². The van der Waals surface area contributed by atoms with E-state index in [1.54, 1.807) is 35.9 Å². The van der Waals surface area contributed by atoms with Gasteiger partial charge in [0.05, 0.1) is 17.4 Å². The molecule has 3 rings (SSSR count). The number of carboxylic acid groups (broad SMARTS) is 1. The Balaban J connectivity index is 1.55. The number of nitrogens with zero attached hydrogens (tertiary/aromatic N) is 3. The van der Waals surface area contributed by atoms with E-state index in [0.29, 0.717) is 22.2 Å². The summed E-state index contributed by atoms with van der Waals surface area (Å²) in [6.07, 6.45) is 0. The lowest BCUT2D eigenvalue weighted by Gasteiger charge is -2.13. The summed E-state index contributed by atoms with van der Waals surface area (Å²) in [5.74, 6) is -0.837. The average Bonchev–Trinajstić information content (AvgIpc) is 3.13. The number of aromatic nitrogens is 3. The Morgan fingerprint density at radius 2 is 1.71 bits per heavy atom. The highest BCUT2D eigenvalue weighted by Crippen LogP contribution is 2.20. The monoisotopic (exact) mass is 439 g/mol. The first-order chi connectivity index (χ1) is 14.8. The number of hydrogen-bond acceptors (Lipinski definition) is 6. The van der Waals surface area contributed by atoms with Gasteiger partial charge in [-0.25, -0.2) is 4.79 Å². The zero-order chi connectivity index (χ0) is 22.4. The van der Waals surface area contributed by atoms with E-state index in [0.717, 1.165) is 0 Å². The molecule has 0 unspecified atom stereocenters. The van der Waals surface area contributed by atoms with E-state index in [2.05, 4.69) is 20.8 Å². The van der Waals surface area contributed by atoms with Gasteiger partial charge < -0.3 is 20.3 Å². The van der Waals surface area contributed by atoms with Crippen molar-refractivity contribution in [2.75, 3.05) is 11.1 Å². The Labute approximate surface area is 182 Å². The molecule has 0 spiro atoms. The van der Waals surface area contributed by atoms with Crippen LogP contribution in [0.2, 0.25) is 0 Å². The molecule has 0 bridgehead atoms. The van der Waals surface area contributed by atoms with Gasteiger partial charge in [0.15, 0.2) is 11.0 Å². The maximum absolute atomic E-state index is 12.3. The van der Waals surface area contributed by atoms with Gasteiger partial charge in [0.2, 0.25) is 5.91 Å². The Bertz CT molecular complexity index is 1080. The quantitative estimate of drug-likeness (QED) is 0.461. The van der Waals surface area contributed by atoms with E-state index in [-0.39, 0.29) is 29.2 Å². The molecule has 10 heteroatoms. The van der Waals surface area contributed by atoms with Crippen LogP contribution in [0, 0.1) is 0 Å². The van der Waals surface area contributed by atoms with E-state index < -0.39 is 5.97 Å². The normalized spacial score (nSPS) is 11.5. The molecule has 1 heterocycles. The Morgan fingerprint density at radius 1 is 1.03 bits per heavy atom. The Morgan fingerprint density at radius 3 is 2.35 bits per heavy atom. The molecule has 160 valence electrons. The molecule has 31 heavy (non-hydrogen) atoms. The third-order valence-corrected chi connectivity index (χ3v) is 5.41. The van der Waals surface area contributed by atoms with Crippen LogP contribution < -0.4 is 10.6 Å². The molecule has 0 fully saturated rings. The minimum Gasteiger partial charge on any atom is -0.478 e. The third-order valence-electron chi connectivity index (χ3n) is 4.39. The molecule has 3 aromatic rings. The van der Waals surface area contributed by atoms with E-state index in [1.165, 1.54) is 36.0 Å². The topological polar surface area (TPSA) is 126 Å². The zero-order valence-corrected chi connectivity index (χ0v) is 17.7. The number of amides is 2. The van der Waals surface area contributed by atoms with Crippen molar-refractivity contribution in [1.29, 1.82) is 0 Å². The minimum atomic E-state index is -1.03. The fourth-order valence-electron chi connectivity index (χ4n) is 2.79. The number of aromatic carboxylic acids is 1. The van der Waals surface area contributed by atoms with Crippen LogP contribution in [0.25, 0.3) is 0 Å². The SMILES string of the molecule is C[C@@H](NC(=O)c1ccccc1)c1nnc(SCC(=O)Nc2ccc(C(=O)O)cc2)n1C. The van der Waals surface area contributed by atoms with Crippen molar-refractivity contribution in [1.82, 2.24) is 20.1 Å². The molecule has 0 saturated carbocycles. The summed E-state index contributed by atoms with van der Waals surface area (Å²) in [6.45, 7) is 1.81. The predicted octanol–water partition coefficient (Wildman–Crippen LogP) is 2.74. The highest BCUT2D eigenvalue weighted by Gasteiger charge is 2.19. The zero-order valence-electron chi connectivity index (χ0n) is 16.9. The van der Waals surface area contributed by atoms with Crippen LogP contribution in [0.4, 0.5) is 5.69 Å². The molecule has 2 amide bonds. The number of thioether (sulfide) groups is 1. The second-order valence-electron chi connectivity index (χ2n) is 6.68. The predicted molar refractivity (Wildman–Crippen MR) is 116 cm³/mol. The van der Waals surface area contributed by atoms with Gasteiger partial charge in [-0.15, -0.1) is 10.2 Å². The summed E-state index contributed by atoms with van der Waals surface area (Å²) >= 11 is 1.21. The van der Waals surface area contributed by atoms with Crippen LogP contribution >= 0.6 is 11.8 Å². The van der Waals surface area contributed by atoms with Gasteiger partial charge in [-0.05, 0) is 43.3 Å². The first kappa shape index (κ1) is 22.0. The number of carbonyl (C=O) groups is 3. The lowest BCUT2D eigenvalue weighted by Crippen LogP contribution is -2.28. The fraction of sp³-hybridized carbons (Fsp3) is 0.190. The highest BCUT2D eigenvalue weighted by atomic mass is 32.2. The summed E-state index contributed by atoms with van der Waals surface area (Å²) in [5.41, 5.74) is 1.21. The number of rotatable bonds is 8. The Hall–Kier alpha value is -3.66. The van der Waals surface area contributed by atoms with Gasteiger partial charge in [0, 0.05) is 18.3 Å². The lowest BCUT2D eigenvalue weighted by molar-refractivity contribution is -0.113. The van der Waals surface area contributed by atoms with Crippen LogP contribution in [0.1, 0.15) is 39.5 Å². The highest BCUT2D eigenvalue weighted by molar-refractivity contribution is 7.99. The molecule has 2 aromatic carbocycles. The van der Waals surface area contributed by atoms with Gasteiger partial charge >= 0.3 is 5.97 Å². The second-order valence-corrected chi connectivity index (χ2v) is 7.62. The van der Waals surface area contributed by atoms with Crippen molar-refractivity contribution >= 4 is 35.2 Å². The van der Waals surface area contributed by atoms with Gasteiger partial charge in [-0.2, -0.15) is 0 Å². The van der Waals surface area contributed by atoms with Crippen LogP contribution in [-0.4, -0.2) is 43.4 Å². The number of carboxylic acids is 1. The number of hydrogen-bond donors (Lipinski definition) is 3. The molecule has 0 aliphatic rings. The van der Waals surface area contributed by atoms with Crippen LogP contribution in [0.3, 0.4) is 0 Å². The molecule has 3 N–H and O–H groups in total. The van der Waals surface area contributed by atoms with Crippen LogP contribution in [0.15, 0.2) is 59.8 Å². The largest absolute Gasteiger partial charge is 0.478 e. The average molecular weight is 439 g/mol. The minimum absolute atomic E-state index is 0.0947. The number of carbonyl (C=O) groups excluding carboxylic acids is 2. The van der Waals surface area contributed by atoms with E-state index in [9.17, 15) is 14.4 Å². The summed E-state index contributed by atoms with van der Waals surface area (Å²) < 4.78 is 1.73. The smallest absolute Gasteiger partial charge is 0.335 e. The van der Waals surface area contributed by atoms with Crippen molar-refractivity contribution in [2.24, 2.45) is 7.05 Å². The van der Waals surface area contributed by atoms with E-state index >= 15 is 0 Å². The van der Waals surface area contributed by atoms with Gasteiger partial charge in [-0.3, -0.25) is 9.59 Å². The van der Waals surface area contributed by atoms with Crippen molar-refractivity contribution in [3.05, 3.63) is 71.5 Å². The van der Waals surface area contributed by atoms with Gasteiger partial charge in [0.1, 0.15) is 0 Å². The van der Waals surface area contributed by atoms with Gasteiger partial charge in [-0.1, -0.05) is 30.0 Å². The standard InChI is InChI=1S/C21H21N5O4S/c1-13(22-19(28)14-6-4-3-5-7-14)18-24-25-21(26(18)2)31-12-17(27)23-16-10-8-15(9-11-16)20(29)30/h3-11,13H,12H2,1-2H3,(H,22,28)(H,23,27)(H,29,30)/t13-/m1/s1. The number of nitrogens with one attached hydrogen (secondary N) is 2. The van der Waals surface area contributed by atoms with Crippen LogP contribution in [-0.2, 0) is 11.8 Å². The molecule has 0 aliphatic carbocycles. The third kappa shape index (κ3) is 5.70. The maximum atomic E-state index is 12.3. The molecule has 1 aromatic heterocycles. The first-order valence-electron chi connectivity index (χ1n) is 9.36. The summed E-state index contributed by atoms with van der Waals surface area (Å²) in [6, 6.07) is 14.4. The Kier molecular flexibility index (Phi) is 7.03. The molecular weight excluding hydrogens is 418 g/mol. The van der Waals surface area contributed by atoms with Crippen molar-refractivity contribution in [3.8, 4) is 0 Å². The molecule has 1 atom stereocenters. The molecule has 0 saturated heterocycles. The summed E-state index contributed by atoms with van der Waals surface area (Å²) in [5, 5.41) is 23.3. The molecule has 0 aliphatic heterocycles. The van der Waals surface area contributed by atoms with Crippen molar-refractivity contribution < 1.29 is 19.5 Å². The summed E-state index contributed by atoms with van der Waals surface area (Å²) in [7, 11) is 1.77. The molecular formula is C21H21N5O4S. The van der Waals surface area contributed by atoms with Crippen molar-refractivity contribution in [2.45, 2.75) is 18.1 Å². The summed E-state index contributed by atoms with van der Waals surface area (Å²) in [4.78, 5) is 35.4. The fourth-order valence-corrected chi connectivity index (χ4v) is 3.50. The van der Waals surface area contributed by atoms with Crippen LogP contribution in [0.5, 0.6) is 0 Å². The second kappa shape index (κ2) is 9.90. The molecule has 9 nitrogen and oxygen atoms in total.